The Bertz CT molecular complexity index is 71.0. The molecule has 0 amide bonds. The van der Waals surface area contributed by atoms with E-state index in [1.165, 1.54) is 12.1 Å². The van der Waals surface area contributed by atoms with Crippen LogP contribution in [-0.4, -0.2) is 8.80 Å². The first-order valence-corrected chi connectivity index (χ1v) is 5.25. The van der Waals surface area contributed by atoms with E-state index in [0.29, 0.717) is 0 Å². The Morgan fingerprint density at radius 2 is 1.56 bits per heavy atom. The molecule has 0 nitrogen and oxygen atoms in total. The van der Waals surface area contributed by atoms with Crippen LogP contribution in [0.15, 0.2) is 25.3 Å². The smallest absolute Gasteiger partial charge is 0.0525 e. The zero-order chi connectivity index (χ0) is 6.41. The molecule has 9 heavy (non-hydrogen) atoms. The highest BCUT2D eigenvalue weighted by molar-refractivity contribution is 6.58. The van der Waals surface area contributed by atoms with Gasteiger partial charge in [0.05, 0.1) is 8.80 Å². The summed E-state index contributed by atoms with van der Waals surface area (Å²) in [6, 6.07) is 2.41. The Morgan fingerprint density at radius 3 is 1.78 bits per heavy atom. The normalized spacial score (nSPS) is 8.22. The average molecular weight is 145 g/mol. The van der Waals surface area contributed by atoms with Crippen LogP contribution in [0.1, 0.15) is 0 Å². The monoisotopic (exact) mass is 145 g/mol. The summed E-state index contributed by atoms with van der Waals surface area (Å²) in [4.78, 5) is 0. The molecular formula is C7H14FSi. The summed E-state index contributed by atoms with van der Waals surface area (Å²) in [7, 11) is -0.128. The number of halogens is 1. The summed E-state index contributed by atoms with van der Waals surface area (Å²) in [6.07, 6.45) is 4.00. The van der Waals surface area contributed by atoms with Gasteiger partial charge in [0.25, 0.3) is 0 Å². The minimum atomic E-state index is -0.128. The van der Waals surface area contributed by atoms with Crippen molar-refractivity contribution in [2.24, 2.45) is 0 Å². The van der Waals surface area contributed by atoms with Crippen LogP contribution in [0.3, 0.4) is 0 Å². The molecule has 0 fully saturated rings. The van der Waals surface area contributed by atoms with Gasteiger partial charge in [-0.3, -0.25) is 4.70 Å². The van der Waals surface area contributed by atoms with Gasteiger partial charge in [0.2, 0.25) is 0 Å². The van der Waals surface area contributed by atoms with Gasteiger partial charge in [-0.2, -0.15) is 0 Å². The largest absolute Gasteiger partial charge is 0.269 e. The topological polar surface area (TPSA) is 0 Å². The fourth-order valence-corrected chi connectivity index (χ4v) is 1.73. The Hall–Kier alpha value is -0.373. The molecule has 0 aromatic heterocycles. The molecule has 0 spiro atoms. The molecule has 0 aromatic rings. The van der Waals surface area contributed by atoms with Crippen LogP contribution >= 0.6 is 0 Å². The molecule has 0 saturated carbocycles. The van der Waals surface area contributed by atoms with E-state index in [0.717, 1.165) is 0 Å². The maximum atomic E-state index is 3.67. The molecule has 0 unspecified atom stereocenters. The van der Waals surface area contributed by atoms with Gasteiger partial charge in [-0.15, -0.1) is 13.2 Å². The highest BCUT2D eigenvalue weighted by atomic mass is 28.3. The van der Waals surface area contributed by atoms with Crippen LogP contribution in [-0.2, 0) is 0 Å². The molecule has 0 heterocycles. The first-order chi connectivity index (χ1) is 3.81. The van der Waals surface area contributed by atoms with E-state index in [1.807, 2.05) is 12.2 Å². The fourth-order valence-electron chi connectivity index (χ4n) is 0.576. The lowest BCUT2D eigenvalue weighted by atomic mass is 10.7. The van der Waals surface area contributed by atoms with E-state index in [1.54, 1.807) is 0 Å². The van der Waals surface area contributed by atoms with Crippen LogP contribution < -0.4 is 0 Å². The lowest BCUT2D eigenvalue weighted by Crippen LogP contribution is -2.00. The summed E-state index contributed by atoms with van der Waals surface area (Å²) < 4.78 is 0. The minimum Gasteiger partial charge on any atom is -0.269 e. The van der Waals surface area contributed by atoms with Crippen LogP contribution in [0, 0.1) is 0 Å². The van der Waals surface area contributed by atoms with Gasteiger partial charge in [-0.1, -0.05) is 18.7 Å². The van der Waals surface area contributed by atoms with Gasteiger partial charge in [-0.05, 0) is 12.1 Å². The quantitative estimate of drug-likeness (QED) is 0.421. The predicted octanol–water partition coefficient (Wildman–Crippen LogP) is 2.64. The van der Waals surface area contributed by atoms with Crippen molar-refractivity contribution in [1.82, 2.24) is 0 Å². The van der Waals surface area contributed by atoms with Crippen molar-refractivity contribution >= 4 is 8.80 Å². The maximum absolute atomic E-state index is 3.67. The van der Waals surface area contributed by atoms with Gasteiger partial charge in [0.1, 0.15) is 0 Å². The number of rotatable bonds is 4. The minimum absolute atomic E-state index is 0. The van der Waals surface area contributed by atoms with E-state index >= 15 is 0 Å². The molecule has 2 heteroatoms. The summed E-state index contributed by atoms with van der Waals surface area (Å²) in [5.41, 5.74) is 0. The molecule has 1 radical (unpaired) electrons. The van der Waals surface area contributed by atoms with Crippen LogP contribution in [0.25, 0.3) is 0 Å². The number of allylic oxidation sites excluding steroid dienone is 2. The Balaban J connectivity index is 0. The third-order valence-corrected chi connectivity index (χ3v) is 2.96. The van der Waals surface area contributed by atoms with Gasteiger partial charge in [0.15, 0.2) is 0 Å². The first-order valence-electron chi connectivity index (χ1n) is 2.84. The van der Waals surface area contributed by atoms with Gasteiger partial charge in [0, 0.05) is 0 Å². The zero-order valence-electron chi connectivity index (χ0n) is 5.89. The van der Waals surface area contributed by atoms with E-state index < -0.39 is 0 Å². The van der Waals surface area contributed by atoms with E-state index in [-0.39, 0.29) is 13.5 Å². The maximum Gasteiger partial charge on any atom is 0.0525 e. The average Bonchev–Trinajstić information content (AvgIpc) is 1.68. The van der Waals surface area contributed by atoms with Crippen molar-refractivity contribution in [2.45, 2.75) is 18.6 Å². The van der Waals surface area contributed by atoms with E-state index in [4.69, 9.17) is 0 Å². The molecule has 0 rings (SSSR count). The van der Waals surface area contributed by atoms with Crippen LogP contribution in [0.5, 0.6) is 0 Å². The SMILES string of the molecule is C=CC[Si](C)CC=C.F. The van der Waals surface area contributed by atoms with Crippen molar-refractivity contribution in [2.75, 3.05) is 0 Å². The molecule has 0 saturated heterocycles. The molecular weight excluding hydrogens is 131 g/mol. The van der Waals surface area contributed by atoms with Crippen molar-refractivity contribution < 1.29 is 4.70 Å². The second kappa shape index (κ2) is 7.63. The van der Waals surface area contributed by atoms with Crippen molar-refractivity contribution in [3.05, 3.63) is 25.3 Å². The van der Waals surface area contributed by atoms with Crippen molar-refractivity contribution in [1.29, 1.82) is 0 Å². The van der Waals surface area contributed by atoms with Crippen molar-refractivity contribution in [3.63, 3.8) is 0 Å². The summed E-state index contributed by atoms with van der Waals surface area (Å²) in [5.74, 6) is 0. The fraction of sp³-hybridized carbons (Fsp3) is 0.429. The molecule has 0 aliphatic carbocycles. The predicted molar refractivity (Wildman–Crippen MR) is 44.1 cm³/mol. The third-order valence-electron chi connectivity index (χ3n) is 0.986. The third kappa shape index (κ3) is 7.63. The Morgan fingerprint density at radius 1 is 1.22 bits per heavy atom. The number of hydrogen-bond acceptors (Lipinski definition) is 0. The van der Waals surface area contributed by atoms with Gasteiger partial charge in [-0.25, -0.2) is 0 Å². The standard InChI is InChI=1S/C7H13Si.FH/c1-4-6-8(3)7-5-2;/h4-5H,1-2,6-7H2,3H3;1H. The Labute approximate surface area is 58.3 Å². The molecule has 0 aliphatic rings. The lowest BCUT2D eigenvalue weighted by Gasteiger charge is -1.98. The van der Waals surface area contributed by atoms with Crippen LogP contribution in [0.2, 0.25) is 18.6 Å². The summed E-state index contributed by atoms with van der Waals surface area (Å²) in [6.45, 7) is 9.65. The second-order valence-electron chi connectivity index (χ2n) is 1.94. The van der Waals surface area contributed by atoms with E-state index in [2.05, 4.69) is 19.7 Å². The highest BCUT2D eigenvalue weighted by Crippen LogP contribution is 1.98. The molecule has 0 atom stereocenters. The van der Waals surface area contributed by atoms with Gasteiger partial charge >= 0.3 is 0 Å². The first kappa shape index (κ1) is 11.4. The van der Waals surface area contributed by atoms with Crippen LogP contribution in [0.4, 0.5) is 4.70 Å². The lowest BCUT2D eigenvalue weighted by molar-refractivity contribution is 1.11. The molecule has 0 aliphatic heterocycles. The molecule has 0 bridgehead atoms. The molecule has 0 aromatic carbocycles. The Kier molecular flexibility index (Phi) is 9.68. The molecule has 53 valence electrons. The summed E-state index contributed by atoms with van der Waals surface area (Å²) >= 11 is 0. The number of hydrogen-bond donors (Lipinski definition) is 0. The van der Waals surface area contributed by atoms with Gasteiger partial charge < -0.3 is 0 Å². The highest BCUT2D eigenvalue weighted by Gasteiger charge is 1.95. The molecule has 0 N–H and O–H groups in total. The van der Waals surface area contributed by atoms with E-state index in [9.17, 15) is 0 Å². The van der Waals surface area contributed by atoms with Crippen molar-refractivity contribution in [3.8, 4) is 0 Å². The second-order valence-corrected chi connectivity index (χ2v) is 4.67. The zero-order valence-corrected chi connectivity index (χ0v) is 6.89. The summed E-state index contributed by atoms with van der Waals surface area (Å²) in [5, 5.41) is 0.